The van der Waals surface area contributed by atoms with Crippen LogP contribution in [0, 0.1) is 13.8 Å². The van der Waals surface area contributed by atoms with Crippen LogP contribution in [0.2, 0.25) is 0 Å². The molecule has 0 bridgehead atoms. The molecule has 0 aliphatic rings. The molecule has 2 aromatic rings. The number of aromatic nitrogens is 2. The highest BCUT2D eigenvalue weighted by atomic mass is 79.9. The molecular formula is C12H14BrN3O. The Balaban J connectivity index is 2.20. The third-order valence-corrected chi connectivity index (χ3v) is 3.04. The van der Waals surface area contributed by atoms with Gasteiger partial charge in [-0.1, -0.05) is 5.16 Å². The van der Waals surface area contributed by atoms with Crippen molar-refractivity contribution in [3.63, 3.8) is 0 Å². The van der Waals surface area contributed by atoms with Crippen LogP contribution in [0.5, 0.6) is 0 Å². The van der Waals surface area contributed by atoms with Gasteiger partial charge in [0.25, 0.3) is 0 Å². The summed E-state index contributed by atoms with van der Waals surface area (Å²) in [5.74, 6) is 0.852. The molecule has 0 aliphatic carbocycles. The van der Waals surface area contributed by atoms with Crippen molar-refractivity contribution >= 4 is 21.6 Å². The fourth-order valence-electron chi connectivity index (χ4n) is 1.92. The molecule has 1 atom stereocenters. The Morgan fingerprint density at radius 3 is 2.71 bits per heavy atom. The first kappa shape index (κ1) is 12.1. The highest BCUT2D eigenvalue weighted by Crippen LogP contribution is 2.25. The topological polar surface area (TPSA) is 51.0 Å². The highest BCUT2D eigenvalue weighted by molar-refractivity contribution is 9.10. The van der Waals surface area contributed by atoms with Gasteiger partial charge in [-0.2, -0.15) is 0 Å². The summed E-state index contributed by atoms with van der Waals surface area (Å²) in [6.07, 6.45) is 3.55. The standard InChI is InChI=1S/C12H14BrN3O/c1-7(12-8(2)16-17-9(12)3)15-11-4-10(13)5-14-6-11/h4-7,15H,1-3H3. The average molecular weight is 296 g/mol. The first-order chi connectivity index (χ1) is 8.08. The Bertz CT molecular complexity index is 505. The minimum atomic E-state index is 0.136. The lowest BCUT2D eigenvalue weighted by Crippen LogP contribution is -2.08. The highest BCUT2D eigenvalue weighted by Gasteiger charge is 2.16. The fourth-order valence-corrected chi connectivity index (χ4v) is 2.29. The van der Waals surface area contributed by atoms with Crippen molar-refractivity contribution in [3.05, 3.63) is 40.0 Å². The second-order valence-corrected chi connectivity index (χ2v) is 4.91. The van der Waals surface area contributed by atoms with Crippen molar-refractivity contribution in [1.82, 2.24) is 10.1 Å². The van der Waals surface area contributed by atoms with Crippen molar-refractivity contribution in [2.45, 2.75) is 26.8 Å². The first-order valence-electron chi connectivity index (χ1n) is 5.38. The van der Waals surface area contributed by atoms with Crippen LogP contribution in [0.4, 0.5) is 5.69 Å². The van der Waals surface area contributed by atoms with Gasteiger partial charge >= 0.3 is 0 Å². The van der Waals surface area contributed by atoms with Gasteiger partial charge < -0.3 is 9.84 Å². The zero-order chi connectivity index (χ0) is 12.4. The first-order valence-corrected chi connectivity index (χ1v) is 6.17. The lowest BCUT2D eigenvalue weighted by molar-refractivity contribution is 0.392. The maximum Gasteiger partial charge on any atom is 0.139 e. The molecule has 0 spiro atoms. The molecule has 0 radical (unpaired) electrons. The van der Waals surface area contributed by atoms with E-state index in [2.05, 4.69) is 38.3 Å². The number of halogens is 1. The molecular weight excluding hydrogens is 282 g/mol. The van der Waals surface area contributed by atoms with Crippen molar-refractivity contribution in [1.29, 1.82) is 0 Å². The Morgan fingerprint density at radius 2 is 2.12 bits per heavy atom. The summed E-state index contributed by atoms with van der Waals surface area (Å²) in [4.78, 5) is 4.12. The summed E-state index contributed by atoms with van der Waals surface area (Å²) in [5.41, 5.74) is 2.99. The summed E-state index contributed by atoms with van der Waals surface area (Å²) in [7, 11) is 0. The predicted octanol–water partition coefficient (Wildman–Crippen LogP) is 3.62. The van der Waals surface area contributed by atoms with Crippen molar-refractivity contribution in [2.24, 2.45) is 0 Å². The molecule has 5 heteroatoms. The molecule has 0 aliphatic heterocycles. The van der Waals surface area contributed by atoms with Gasteiger partial charge in [0.2, 0.25) is 0 Å². The Morgan fingerprint density at radius 1 is 1.35 bits per heavy atom. The number of pyridine rings is 1. The van der Waals surface area contributed by atoms with Gasteiger partial charge in [0.1, 0.15) is 5.76 Å². The maximum atomic E-state index is 5.16. The molecule has 90 valence electrons. The van der Waals surface area contributed by atoms with Gasteiger partial charge in [-0.3, -0.25) is 4.98 Å². The van der Waals surface area contributed by atoms with Crippen molar-refractivity contribution < 1.29 is 4.52 Å². The normalized spacial score (nSPS) is 12.5. The zero-order valence-corrected chi connectivity index (χ0v) is 11.6. The molecule has 0 saturated heterocycles. The van der Waals surface area contributed by atoms with E-state index in [9.17, 15) is 0 Å². The summed E-state index contributed by atoms with van der Waals surface area (Å²) in [6.45, 7) is 5.95. The number of nitrogens with one attached hydrogen (secondary N) is 1. The van der Waals surface area contributed by atoms with Gasteiger partial charge in [0.15, 0.2) is 0 Å². The van der Waals surface area contributed by atoms with Crippen LogP contribution < -0.4 is 5.32 Å². The van der Waals surface area contributed by atoms with E-state index in [0.717, 1.165) is 27.2 Å². The molecule has 2 aromatic heterocycles. The average Bonchev–Trinajstić information content (AvgIpc) is 2.58. The third-order valence-electron chi connectivity index (χ3n) is 2.61. The van der Waals surface area contributed by atoms with E-state index in [4.69, 9.17) is 4.52 Å². The van der Waals surface area contributed by atoms with Crippen LogP contribution in [0.3, 0.4) is 0 Å². The lowest BCUT2D eigenvalue weighted by Gasteiger charge is -2.14. The number of hydrogen-bond donors (Lipinski definition) is 1. The molecule has 0 saturated carbocycles. The van der Waals surface area contributed by atoms with Crippen LogP contribution in [0.25, 0.3) is 0 Å². The van der Waals surface area contributed by atoms with Crippen molar-refractivity contribution in [3.8, 4) is 0 Å². The molecule has 17 heavy (non-hydrogen) atoms. The Kier molecular flexibility index (Phi) is 3.47. The molecule has 2 heterocycles. The summed E-state index contributed by atoms with van der Waals surface area (Å²) < 4.78 is 6.12. The smallest absolute Gasteiger partial charge is 0.139 e. The number of anilines is 1. The van der Waals surface area contributed by atoms with Gasteiger partial charge in [-0.15, -0.1) is 0 Å². The summed E-state index contributed by atoms with van der Waals surface area (Å²) in [6, 6.07) is 2.12. The molecule has 1 unspecified atom stereocenters. The van der Waals surface area contributed by atoms with E-state index < -0.39 is 0 Å². The van der Waals surface area contributed by atoms with E-state index in [1.165, 1.54) is 0 Å². The minimum Gasteiger partial charge on any atom is -0.377 e. The second-order valence-electron chi connectivity index (χ2n) is 4.00. The fraction of sp³-hybridized carbons (Fsp3) is 0.333. The van der Waals surface area contributed by atoms with E-state index in [1.54, 1.807) is 12.4 Å². The largest absolute Gasteiger partial charge is 0.377 e. The van der Waals surface area contributed by atoms with Crippen LogP contribution in [-0.4, -0.2) is 10.1 Å². The number of rotatable bonds is 3. The monoisotopic (exact) mass is 295 g/mol. The van der Waals surface area contributed by atoms with E-state index >= 15 is 0 Å². The Hall–Kier alpha value is -1.36. The van der Waals surface area contributed by atoms with Crippen LogP contribution >= 0.6 is 15.9 Å². The SMILES string of the molecule is Cc1noc(C)c1C(C)Nc1cncc(Br)c1. The predicted molar refractivity (Wildman–Crippen MR) is 70.0 cm³/mol. The van der Waals surface area contributed by atoms with Crippen LogP contribution in [0.15, 0.2) is 27.5 Å². The van der Waals surface area contributed by atoms with Crippen LogP contribution in [-0.2, 0) is 0 Å². The number of nitrogens with zero attached hydrogens (tertiary/aromatic N) is 2. The zero-order valence-electron chi connectivity index (χ0n) is 9.99. The van der Waals surface area contributed by atoms with Gasteiger partial charge in [0.05, 0.1) is 23.6 Å². The minimum absolute atomic E-state index is 0.136. The van der Waals surface area contributed by atoms with E-state index in [1.807, 2.05) is 19.9 Å². The van der Waals surface area contributed by atoms with Crippen LogP contribution in [0.1, 0.15) is 30.0 Å². The lowest BCUT2D eigenvalue weighted by atomic mass is 10.1. The maximum absolute atomic E-state index is 5.16. The van der Waals surface area contributed by atoms with E-state index in [-0.39, 0.29) is 6.04 Å². The molecule has 4 nitrogen and oxygen atoms in total. The second kappa shape index (κ2) is 4.87. The van der Waals surface area contributed by atoms with Gasteiger partial charge in [-0.25, -0.2) is 0 Å². The Labute approximate surface area is 109 Å². The quantitative estimate of drug-likeness (QED) is 0.939. The van der Waals surface area contributed by atoms with Gasteiger partial charge in [-0.05, 0) is 42.8 Å². The molecule has 0 amide bonds. The molecule has 2 rings (SSSR count). The summed E-state index contributed by atoms with van der Waals surface area (Å²) >= 11 is 3.40. The number of hydrogen-bond acceptors (Lipinski definition) is 4. The summed E-state index contributed by atoms with van der Waals surface area (Å²) in [5, 5.41) is 7.33. The number of aryl methyl sites for hydroxylation is 2. The molecule has 0 fully saturated rings. The molecule has 0 aromatic carbocycles. The molecule has 1 N–H and O–H groups in total. The van der Waals surface area contributed by atoms with Gasteiger partial charge in [0, 0.05) is 16.2 Å². The van der Waals surface area contributed by atoms with Crippen molar-refractivity contribution in [2.75, 3.05) is 5.32 Å². The third kappa shape index (κ3) is 2.66. The van der Waals surface area contributed by atoms with E-state index in [0.29, 0.717) is 0 Å².